The standard InChI is InChI=1S/C19H21ClN6S/c20-16-8-13(14-9-22-23-10-14)2-3-15(16)17-24-25-18(27-17)26-7-5-19(12-26)4-1-6-21-11-19/h2-3,8-10,21H,1,4-7,11-12H2,(H,22,23). The van der Waals surface area contributed by atoms with Crippen LogP contribution in [0.3, 0.4) is 0 Å². The molecule has 0 bridgehead atoms. The zero-order chi connectivity index (χ0) is 18.3. The van der Waals surface area contributed by atoms with Crippen molar-refractivity contribution in [3.8, 4) is 21.7 Å². The zero-order valence-corrected chi connectivity index (χ0v) is 16.5. The molecule has 5 rings (SSSR count). The van der Waals surface area contributed by atoms with E-state index in [1.807, 2.05) is 24.4 Å². The topological polar surface area (TPSA) is 69.7 Å². The van der Waals surface area contributed by atoms with Gasteiger partial charge < -0.3 is 10.2 Å². The van der Waals surface area contributed by atoms with Gasteiger partial charge in [-0.1, -0.05) is 29.0 Å². The Morgan fingerprint density at radius 1 is 1.19 bits per heavy atom. The van der Waals surface area contributed by atoms with Gasteiger partial charge in [-0.15, -0.1) is 10.2 Å². The fourth-order valence-electron chi connectivity index (χ4n) is 4.21. The van der Waals surface area contributed by atoms with E-state index in [0.717, 1.165) is 53.0 Å². The molecular weight excluding hydrogens is 380 g/mol. The molecule has 1 spiro atoms. The van der Waals surface area contributed by atoms with Gasteiger partial charge >= 0.3 is 0 Å². The van der Waals surface area contributed by atoms with E-state index in [0.29, 0.717) is 10.4 Å². The summed E-state index contributed by atoms with van der Waals surface area (Å²) in [6.45, 7) is 4.40. The molecule has 27 heavy (non-hydrogen) atoms. The van der Waals surface area contributed by atoms with Gasteiger partial charge in [-0.2, -0.15) is 5.10 Å². The first kappa shape index (κ1) is 17.2. The van der Waals surface area contributed by atoms with Crippen molar-refractivity contribution in [1.29, 1.82) is 0 Å². The highest BCUT2D eigenvalue weighted by Crippen LogP contribution is 2.41. The molecule has 140 valence electrons. The lowest BCUT2D eigenvalue weighted by Gasteiger charge is -2.33. The van der Waals surface area contributed by atoms with Crippen LogP contribution in [0.5, 0.6) is 0 Å². The van der Waals surface area contributed by atoms with Crippen molar-refractivity contribution in [2.24, 2.45) is 5.41 Å². The van der Waals surface area contributed by atoms with Crippen LogP contribution in [0.2, 0.25) is 5.02 Å². The van der Waals surface area contributed by atoms with Gasteiger partial charge in [-0.3, -0.25) is 5.10 Å². The van der Waals surface area contributed by atoms with Crippen LogP contribution in [0.15, 0.2) is 30.6 Å². The Morgan fingerprint density at radius 2 is 2.15 bits per heavy atom. The summed E-state index contributed by atoms with van der Waals surface area (Å²) in [6.07, 6.45) is 7.46. The summed E-state index contributed by atoms with van der Waals surface area (Å²) in [5.74, 6) is 0. The summed E-state index contributed by atoms with van der Waals surface area (Å²) in [5, 5.41) is 21.8. The molecule has 2 aliphatic rings. The molecule has 2 aliphatic heterocycles. The molecule has 2 saturated heterocycles. The number of nitrogens with one attached hydrogen (secondary N) is 2. The number of aromatic nitrogens is 4. The Bertz CT molecular complexity index is 932. The average molecular weight is 401 g/mol. The van der Waals surface area contributed by atoms with E-state index in [-0.39, 0.29) is 0 Å². The highest BCUT2D eigenvalue weighted by atomic mass is 35.5. The van der Waals surface area contributed by atoms with Crippen LogP contribution >= 0.6 is 22.9 Å². The maximum atomic E-state index is 6.55. The van der Waals surface area contributed by atoms with Crippen LogP contribution in [-0.4, -0.2) is 46.6 Å². The zero-order valence-electron chi connectivity index (χ0n) is 14.9. The van der Waals surface area contributed by atoms with Gasteiger partial charge in [0, 0.05) is 42.4 Å². The lowest BCUT2D eigenvalue weighted by Crippen LogP contribution is -2.41. The van der Waals surface area contributed by atoms with Gasteiger partial charge in [0.1, 0.15) is 0 Å². The number of hydrogen-bond acceptors (Lipinski definition) is 6. The Labute approximate surface area is 167 Å². The molecule has 1 aromatic carbocycles. The van der Waals surface area contributed by atoms with Crippen LogP contribution in [0, 0.1) is 5.41 Å². The summed E-state index contributed by atoms with van der Waals surface area (Å²) >= 11 is 8.18. The van der Waals surface area contributed by atoms with Gasteiger partial charge in [0.25, 0.3) is 0 Å². The highest BCUT2D eigenvalue weighted by Gasteiger charge is 2.40. The van der Waals surface area contributed by atoms with Crippen molar-refractivity contribution in [2.75, 3.05) is 31.1 Å². The van der Waals surface area contributed by atoms with Crippen molar-refractivity contribution in [2.45, 2.75) is 19.3 Å². The lowest BCUT2D eigenvalue weighted by molar-refractivity contribution is 0.239. The second-order valence-corrected chi connectivity index (χ2v) is 8.89. The monoisotopic (exact) mass is 400 g/mol. The fraction of sp³-hybridized carbons (Fsp3) is 0.421. The van der Waals surface area contributed by atoms with Crippen LogP contribution in [0.1, 0.15) is 19.3 Å². The quantitative estimate of drug-likeness (QED) is 0.699. The molecule has 3 aromatic rings. The van der Waals surface area contributed by atoms with E-state index in [9.17, 15) is 0 Å². The van der Waals surface area contributed by atoms with E-state index in [4.69, 9.17) is 11.6 Å². The van der Waals surface area contributed by atoms with Crippen LogP contribution in [-0.2, 0) is 0 Å². The van der Waals surface area contributed by atoms with Crippen molar-refractivity contribution in [3.05, 3.63) is 35.6 Å². The number of anilines is 1. The number of hydrogen-bond donors (Lipinski definition) is 2. The summed E-state index contributed by atoms with van der Waals surface area (Å²) in [6, 6.07) is 6.03. The molecule has 4 heterocycles. The van der Waals surface area contributed by atoms with Crippen molar-refractivity contribution in [1.82, 2.24) is 25.7 Å². The highest BCUT2D eigenvalue weighted by molar-refractivity contribution is 7.18. The molecule has 6 nitrogen and oxygen atoms in total. The molecule has 0 saturated carbocycles. The third-order valence-electron chi connectivity index (χ3n) is 5.71. The minimum Gasteiger partial charge on any atom is -0.346 e. The second kappa shape index (κ2) is 6.89. The van der Waals surface area contributed by atoms with E-state index in [1.165, 1.54) is 19.3 Å². The SMILES string of the molecule is Clc1cc(-c2cn[nH]c2)ccc1-c1nnc(N2CCC3(CCCNC3)C2)s1. The average Bonchev–Trinajstić information content (AvgIpc) is 3.43. The van der Waals surface area contributed by atoms with Crippen LogP contribution < -0.4 is 10.2 Å². The summed E-state index contributed by atoms with van der Waals surface area (Å²) in [5.41, 5.74) is 3.40. The Balaban J connectivity index is 1.36. The number of H-pyrrole nitrogens is 1. The number of aromatic amines is 1. The minimum absolute atomic E-state index is 0.411. The molecule has 2 fully saturated rings. The van der Waals surface area contributed by atoms with E-state index in [1.54, 1.807) is 17.5 Å². The molecule has 0 amide bonds. The first-order chi connectivity index (χ1) is 13.2. The number of benzene rings is 1. The Kier molecular flexibility index (Phi) is 4.38. The van der Waals surface area contributed by atoms with Crippen LogP contribution in [0.4, 0.5) is 5.13 Å². The number of rotatable bonds is 3. The van der Waals surface area contributed by atoms with Gasteiger partial charge in [-0.25, -0.2) is 0 Å². The molecular formula is C19H21ClN6S. The third kappa shape index (κ3) is 3.24. The summed E-state index contributed by atoms with van der Waals surface area (Å²) < 4.78 is 0. The minimum atomic E-state index is 0.411. The smallest absolute Gasteiger partial charge is 0.208 e. The molecule has 0 aliphatic carbocycles. The van der Waals surface area contributed by atoms with E-state index in [2.05, 4.69) is 30.6 Å². The Morgan fingerprint density at radius 3 is 2.93 bits per heavy atom. The van der Waals surface area contributed by atoms with Gasteiger partial charge in [0.15, 0.2) is 5.01 Å². The predicted molar refractivity (Wildman–Crippen MR) is 109 cm³/mol. The maximum Gasteiger partial charge on any atom is 0.208 e. The number of nitrogens with zero attached hydrogens (tertiary/aromatic N) is 4. The van der Waals surface area contributed by atoms with Gasteiger partial charge in [0.05, 0.1) is 11.2 Å². The molecule has 2 aromatic heterocycles. The lowest BCUT2D eigenvalue weighted by atomic mass is 9.80. The van der Waals surface area contributed by atoms with Crippen LogP contribution in [0.25, 0.3) is 21.7 Å². The first-order valence-corrected chi connectivity index (χ1v) is 10.5. The molecule has 1 unspecified atom stereocenters. The maximum absolute atomic E-state index is 6.55. The summed E-state index contributed by atoms with van der Waals surface area (Å²) in [4.78, 5) is 2.39. The number of piperidine rings is 1. The van der Waals surface area contributed by atoms with Crippen molar-refractivity contribution < 1.29 is 0 Å². The van der Waals surface area contributed by atoms with Crippen molar-refractivity contribution in [3.63, 3.8) is 0 Å². The first-order valence-electron chi connectivity index (χ1n) is 9.31. The number of halogens is 1. The molecule has 2 N–H and O–H groups in total. The predicted octanol–water partition coefficient (Wildman–Crippen LogP) is 3.83. The Hall–Kier alpha value is -1.96. The molecule has 8 heteroatoms. The van der Waals surface area contributed by atoms with Gasteiger partial charge in [0.2, 0.25) is 5.13 Å². The third-order valence-corrected chi connectivity index (χ3v) is 7.04. The van der Waals surface area contributed by atoms with E-state index >= 15 is 0 Å². The van der Waals surface area contributed by atoms with Crippen molar-refractivity contribution >= 4 is 28.1 Å². The largest absolute Gasteiger partial charge is 0.346 e. The second-order valence-electron chi connectivity index (χ2n) is 7.52. The molecule has 0 radical (unpaired) electrons. The fourth-order valence-corrected chi connectivity index (χ4v) is 5.44. The summed E-state index contributed by atoms with van der Waals surface area (Å²) in [7, 11) is 0. The van der Waals surface area contributed by atoms with E-state index < -0.39 is 0 Å². The van der Waals surface area contributed by atoms with Gasteiger partial charge in [-0.05, 0) is 43.5 Å². The normalized spacial score (nSPS) is 22.6. The molecule has 1 atom stereocenters.